The predicted molar refractivity (Wildman–Crippen MR) is 60.5 cm³/mol. The van der Waals surface area contributed by atoms with E-state index in [1.54, 1.807) is 7.05 Å². The summed E-state index contributed by atoms with van der Waals surface area (Å²) >= 11 is 0. The van der Waals surface area contributed by atoms with Gasteiger partial charge in [-0.05, 0) is 25.3 Å². The number of nitrogens with zero attached hydrogens (tertiary/aromatic N) is 1. The monoisotopic (exact) mass is 235 g/mol. The van der Waals surface area contributed by atoms with Crippen LogP contribution in [-0.4, -0.2) is 38.9 Å². The molecule has 0 aliphatic heterocycles. The summed E-state index contributed by atoms with van der Waals surface area (Å²) in [7, 11) is -1.73. The second-order valence-electron chi connectivity index (χ2n) is 4.07. The largest absolute Gasteiger partial charge is 0.330 e. The first-order valence-corrected chi connectivity index (χ1v) is 6.89. The molecule has 0 aromatic carbocycles. The molecule has 1 fully saturated rings. The van der Waals surface area contributed by atoms with Gasteiger partial charge < -0.3 is 5.73 Å². The van der Waals surface area contributed by atoms with Crippen LogP contribution in [0.4, 0.5) is 0 Å². The van der Waals surface area contributed by atoms with Gasteiger partial charge in [0.05, 0.1) is 0 Å². The molecule has 0 aromatic rings. The molecule has 90 valence electrons. The average molecular weight is 235 g/mol. The molecule has 2 unspecified atom stereocenters. The van der Waals surface area contributed by atoms with Crippen LogP contribution < -0.4 is 10.5 Å². The molecule has 1 aliphatic carbocycles. The van der Waals surface area contributed by atoms with Crippen molar-refractivity contribution < 1.29 is 8.42 Å². The number of hydrogen-bond acceptors (Lipinski definition) is 3. The number of rotatable bonds is 5. The standard InChI is InChI=1S/C9H21N3O2S/c1-3-12(2)15(13,14)11-9-6-4-5-8(9)7-10/h8-9,11H,3-7,10H2,1-2H3. The van der Waals surface area contributed by atoms with Crippen molar-refractivity contribution in [3.63, 3.8) is 0 Å². The molecule has 15 heavy (non-hydrogen) atoms. The van der Waals surface area contributed by atoms with E-state index in [-0.39, 0.29) is 6.04 Å². The van der Waals surface area contributed by atoms with Crippen molar-refractivity contribution >= 4 is 10.2 Å². The van der Waals surface area contributed by atoms with Crippen molar-refractivity contribution in [2.24, 2.45) is 11.7 Å². The molecule has 0 saturated heterocycles. The summed E-state index contributed by atoms with van der Waals surface area (Å²) in [5, 5.41) is 0. The lowest BCUT2D eigenvalue weighted by Gasteiger charge is -2.23. The minimum absolute atomic E-state index is 0.0222. The van der Waals surface area contributed by atoms with Gasteiger partial charge in [-0.25, -0.2) is 0 Å². The molecule has 1 rings (SSSR count). The highest BCUT2D eigenvalue weighted by Crippen LogP contribution is 2.25. The molecule has 0 heterocycles. The number of hydrogen-bond donors (Lipinski definition) is 2. The second-order valence-corrected chi connectivity index (χ2v) is 5.88. The molecular weight excluding hydrogens is 214 g/mol. The van der Waals surface area contributed by atoms with Crippen LogP contribution in [0, 0.1) is 5.92 Å². The zero-order chi connectivity index (χ0) is 11.5. The predicted octanol–water partition coefficient (Wildman–Crippen LogP) is -0.100. The Balaban J connectivity index is 2.61. The van der Waals surface area contributed by atoms with Gasteiger partial charge >= 0.3 is 0 Å². The highest BCUT2D eigenvalue weighted by Gasteiger charge is 2.30. The van der Waals surface area contributed by atoms with E-state index in [0.29, 0.717) is 19.0 Å². The van der Waals surface area contributed by atoms with E-state index in [4.69, 9.17) is 5.73 Å². The van der Waals surface area contributed by atoms with Gasteiger partial charge in [0.2, 0.25) is 0 Å². The molecule has 2 atom stereocenters. The van der Waals surface area contributed by atoms with E-state index < -0.39 is 10.2 Å². The third-order valence-electron chi connectivity index (χ3n) is 3.12. The molecule has 1 aliphatic rings. The van der Waals surface area contributed by atoms with E-state index in [9.17, 15) is 8.42 Å². The van der Waals surface area contributed by atoms with Crippen LogP contribution in [-0.2, 0) is 10.2 Å². The van der Waals surface area contributed by atoms with Crippen LogP contribution in [0.15, 0.2) is 0 Å². The molecule has 3 N–H and O–H groups in total. The van der Waals surface area contributed by atoms with Gasteiger partial charge in [0.1, 0.15) is 0 Å². The molecule has 0 aromatic heterocycles. The third kappa shape index (κ3) is 3.14. The van der Waals surface area contributed by atoms with Gasteiger partial charge in [-0.1, -0.05) is 13.3 Å². The summed E-state index contributed by atoms with van der Waals surface area (Å²) in [5.41, 5.74) is 5.60. The topological polar surface area (TPSA) is 75.4 Å². The summed E-state index contributed by atoms with van der Waals surface area (Å²) in [5.74, 6) is 0.296. The zero-order valence-corrected chi connectivity index (χ0v) is 10.3. The van der Waals surface area contributed by atoms with Crippen LogP contribution in [0.1, 0.15) is 26.2 Å². The summed E-state index contributed by atoms with van der Waals surface area (Å²) in [6.45, 7) is 2.85. The molecule has 0 spiro atoms. The first-order valence-electron chi connectivity index (χ1n) is 5.45. The first-order chi connectivity index (χ1) is 7.01. The summed E-state index contributed by atoms with van der Waals surface area (Å²) < 4.78 is 27.5. The van der Waals surface area contributed by atoms with Crippen LogP contribution >= 0.6 is 0 Å². The molecule has 0 amide bonds. The van der Waals surface area contributed by atoms with Crippen LogP contribution in [0.2, 0.25) is 0 Å². The van der Waals surface area contributed by atoms with E-state index in [0.717, 1.165) is 19.3 Å². The number of nitrogens with one attached hydrogen (secondary N) is 1. The normalized spacial score (nSPS) is 27.5. The fraction of sp³-hybridized carbons (Fsp3) is 1.00. The Morgan fingerprint density at radius 1 is 1.47 bits per heavy atom. The third-order valence-corrected chi connectivity index (χ3v) is 4.80. The summed E-state index contributed by atoms with van der Waals surface area (Å²) in [6, 6.07) is 0.0222. The summed E-state index contributed by atoms with van der Waals surface area (Å²) in [6.07, 6.45) is 2.99. The second kappa shape index (κ2) is 5.25. The van der Waals surface area contributed by atoms with E-state index in [1.165, 1.54) is 4.31 Å². The molecule has 0 radical (unpaired) electrons. The first kappa shape index (κ1) is 12.9. The molecule has 6 heteroatoms. The Hall–Kier alpha value is -0.170. The van der Waals surface area contributed by atoms with Crippen molar-refractivity contribution in [1.29, 1.82) is 0 Å². The van der Waals surface area contributed by atoms with Crippen molar-refractivity contribution in [3.8, 4) is 0 Å². The van der Waals surface area contributed by atoms with Crippen LogP contribution in [0.5, 0.6) is 0 Å². The Kier molecular flexibility index (Phi) is 4.51. The van der Waals surface area contributed by atoms with E-state index >= 15 is 0 Å². The van der Waals surface area contributed by atoms with Gasteiger partial charge in [0, 0.05) is 19.6 Å². The van der Waals surface area contributed by atoms with Gasteiger partial charge in [-0.3, -0.25) is 0 Å². The smallest absolute Gasteiger partial charge is 0.279 e. The van der Waals surface area contributed by atoms with E-state index in [2.05, 4.69) is 4.72 Å². The maximum atomic E-state index is 11.8. The minimum Gasteiger partial charge on any atom is -0.330 e. The van der Waals surface area contributed by atoms with Crippen LogP contribution in [0.3, 0.4) is 0 Å². The van der Waals surface area contributed by atoms with Gasteiger partial charge in [0.25, 0.3) is 10.2 Å². The highest BCUT2D eigenvalue weighted by atomic mass is 32.2. The Morgan fingerprint density at radius 2 is 2.13 bits per heavy atom. The van der Waals surface area contributed by atoms with Gasteiger partial charge in [-0.15, -0.1) is 0 Å². The van der Waals surface area contributed by atoms with Crippen molar-refractivity contribution in [3.05, 3.63) is 0 Å². The SMILES string of the molecule is CCN(C)S(=O)(=O)NC1CCCC1CN. The lowest BCUT2D eigenvalue weighted by atomic mass is 10.1. The lowest BCUT2D eigenvalue weighted by molar-refractivity contribution is 0.421. The van der Waals surface area contributed by atoms with Crippen molar-refractivity contribution in [1.82, 2.24) is 9.03 Å². The lowest BCUT2D eigenvalue weighted by Crippen LogP contribution is -2.46. The highest BCUT2D eigenvalue weighted by molar-refractivity contribution is 7.87. The van der Waals surface area contributed by atoms with Gasteiger partial charge in [-0.2, -0.15) is 17.4 Å². The van der Waals surface area contributed by atoms with Crippen molar-refractivity contribution in [2.75, 3.05) is 20.1 Å². The quantitative estimate of drug-likeness (QED) is 0.698. The maximum absolute atomic E-state index is 11.8. The Labute approximate surface area is 92.2 Å². The fourth-order valence-corrected chi connectivity index (χ4v) is 3.14. The average Bonchev–Trinajstić information content (AvgIpc) is 2.63. The Bertz CT molecular complexity index is 292. The summed E-state index contributed by atoms with van der Waals surface area (Å²) in [4.78, 5) is 0. The molecule has 5 nitrogen and oxygen atoms in total. The molecule has 1 saturated carbocycles. The molecular formula is C9H21N3O2S. The fourth-order valence-electron chi connectivity index (χ4n) is 1.93. The van der Waals surface area contributed by atoms with Gasteiger partial charge in [0.15, 0.2) is 0 Å². The zero-order valence-electron chi connectivity index (χ0n) is 9.44. The molecule has 0 bridgehead atoms. The minimum atomic E-state index is -3.31. The maximum Gasteiger partial charge on any atom is 0.279 e. The Morgan fingerprint density at radius 3 is 2.67 bits per heavy atom. The number of nitrogens with two attached hydrogens (primary N) is 1. The van der Waals surface area contributed by atoms with E-state index in [1.807, 2.05) is 6.92 Å². The van der Waals surface area contributed by atoms with Crippen LogP contribution in [0.25, 0.3) is 0 Å². The van der Waals surface area contributed by atoms with Crippen molar-refractivity contribution in [2.45, 2.75) is 32.2 Å².